The molecular weight excluding hydrogens is 322 g/mol. The van der Waals surface area contributed by atoms with Crippen molar-refractivity contribution in [3.05, 3.63) is 36.9 Å². The number of aromatic nitrogens is 4. The Morgan fingerprint density at radius 2 is 1.92 bits per heavy atom. The van der Waals surface area contributed by atoms with Gasteiger partial charge in [-0.2, -0.15) is 0 Å². The minimum atomic E-state index is -1.18. The van der Waals surface area contributed by atoms with E-state index in [1.165, 1.54) is 14.0 Å². The number of amides is 1. The zero-order chi connectivity index (χ0) is 18.0. The number of rotatable bonds is 5. The van der Waals surface area contributed by atoms with Gasteiger partial charge >= 0.3 is 11.7 Å². The molecule has 0 aliphatic rings. The summed E-state index contributed by atoms with van der Waals surface area (Å²) in [6.07, 6.45) is -0.269. The van der Waals surface area contributed by atoms with Crippen LogP contribution in [0.5, 0.6) is 0 Å². The molecule has 0 saturated carbocycles. The Morgan fingerprint density at radius 1 is 1.25 bits per heavy atom. The van der Waals surface area contributed by atoms with E-state index in [0.29, 0.717) is 0 Å². The zero-order valence-electron chi connectivity index (χ0n) is 12.9. The molecule has 0 saturated heterocycles. The van der Waals surface area contributed by atoms with Gasteiger partial charge in [-0.05, 0) is 6.92 Å². The smallest absolute Gasteiger partial charge is 0.329 e. The number of nitrogens with one attached hydrogen (secondary N) is 3. The maximum atomic E-state index is 12.0. The lowest BCUT2D eigenvalue weighted by atomic mass is 10.2. The Hall–Kier alpha value is -3.24. The number of aromatic amines is 2. The molecule has 0 aromatic carbocycles. The highest BCUT2D eigenvalue weighted by molar-refractivity contribution is 5.83. The van der Waals surface area contributed by atoms with E-state index in [9.17, 15) is 24.0 Å². The number of fused-ring (bicyclic) bond motifs is 1. The number of hydrogen-bond donors (Lipinski definition) is 4. The van der Waals surface area contributed by atoms with Gasteiger partial charge in [0.25, 0.3) is 11.1 Å². The third kappa shape index (κ3) is 3.39. The summed E-state index contributed by atoms with van der Waals surface area (Å²) in [5, 5.41) is 11.0. The standard InChI is InChI=1S/C13H15N5O6/c1-5(12(22)23)14-7(19)4-3-6-10(20)16-9-8(15-6)11(21)17-13(24)18(9)2/h5H,3-4H2,1-2H3,(H,14,19)(H,16,20)(H,22,23)(H,17,21,24)/t5-/m1/s1. The lowest BCUT2D eigenvalue weighted by Crippen LogP contribution is -2.38. The Balaban J connectivity index is 2.28. The van der Waals surface area contributed by atoms with Crippen LogP contribution in [0.4, 0.5) is 0 Å². The quantitative estimate of drug-likeness (QED) is 0.481. The second kappa shape index (κ2) is 6.48. The van der Waals surface area contributed by atoms with Crippen molar-refractivity contribution in [2.45, 2.75) is 25.8 Å². The first kappa shape index (κ1) is 17.1. The molecule has 0 unspecified atom stereocenters. The summed E-state index contributed by atoms with van der Waals surface area (Å²) in [6.45, 7) is 1.31. The van der Waals surface area contributed by atoms with Crippen LogP contribution in [-0.2, 0) is 23.1 Å². The molecule has 1 atom stereocenters. The van der Waals surface area contributed by atoms with Crippen molar-refractivity contribution in [3.8, 4) is 0 Å². The maximum absolute atomic E-state index is 12.0. The molecule has 0 aliphatic carbocycles. The van der Waals surface area contributed by atoms with E-state index in [2.05, 4.69) is 20.3 Å². The van der Waals surface area contributed by atoms with Crippen LogP contribution >= 0.6 is 0 Å². The van der Waals surface area contributed by atoms with Crippen molar-refractivity contribution in [1.82, 2.24) is 24.8 Å². The van der Waals surface area contributed by atoms with Crippen molar-refractivity contribution in [2.75, 3.05) is 0 Å². The van der Waals surface area contributed by atoms with Crippen LogP contribution in [0, 0.1) is 0 Å². The fourth-order valence-corrected chi connectivity index (χ4v) is 2.00. The van der Waals surface area contributed by atoms with Gasteiger partial charge in [0.2, 0.25) is 5.91 Å². The van der Waals surface area contributed by atoms with Crippen LogP contribution in [0.2, 0.25) is 0 Å². The third-order valence-corrected chi connectivity index (χ3v) is 3.38. The van der Waals surface area contributed by atoms with Crippen LogP contribution in [-0.4, -0.2) is 42.5 Å². The molecule has 1 amide bonds. The lowest BCUT2D eigenvalue weighted by molar-refractivity contribution is -0.141. The number of nitrogens with zero attached hydrogens (tertiary/aromatic N) is 2. The number of aryl methyl sites for hydroxylation is 2. The predicted octanol–water partition coefficient (Wildman–Crippen LogP) is -2.17. The van der Waals surface area contributed by atoms with Crippen molar-refractivity contribution in [1.29, 1.82) is 0 Å². The molecule has 11 heteroatoms. The van der Waals surface area contributed by atoms with Crippen molar-refractivity contribution >= 4 is 23.0 Å². The average molecular weight is 337 g/mol. The molecule has 4 N–H and O–H groups in total. The second-order valence-corrected chi connectivity index (χ2v) is 5.16. The van der Waals surface area contributed by atoms with Crippen LogP contribution in [0.25, 0.3) is 11.2 Å². The minimum absolute atomic E-state index is 0.0264. The number of aliphatic carboxylic acids is 1. The highest BCUT2D eigenvalue weighted by Crippen LogP contribution is 2.00. The Kier molecular flexibility index (Phi) is 4.62. The molecule has 2 aromatic rings. The molecule has 24 heavy (non-hydrogen) atoms. The van der Waals surface area contributed by atoms with E-state index in [1.807, 2.05) is 0 Å². The summed E-state index contributed by atoms with van der Waals surface area (Å²) in [5.41, 5.74) is -2.31. The maximum Gasteiger partial charge on any atom is 0.329 e. The fourth-order valence-electron chi connectivity index (χ4n) is 2.00. The lowest BCUT2D eigenvalue weighted by Gasteiger charge is -2.09. The Morgan fingerprint density at radius 3 is 2.54 bits per heavy atom. The van der Waals surface area contributed by atoms with Crippen LogP contribution in [0.15, 0.2) is 14.4 Å². The van der Waals surface area contributed by atoms with Crippen molar-refractivity contribution in [3.63, 3.8) is 0 Å². The summed E-state index contributed by atoms with van der Waals surface area (Å²) in [6, 6.07) is -1.06. The SMILES string of the molecule is C[C@@H](NC(=O)CCc1nc2c(=O)[nH]c(=O)n(C)c2[nH]c1=O)C(=O)O. The normalized spacial score (nSPS) is 12.1. The number of carbonyl (C=O) groups is 2. The molecule has 0 radical (unpaired) electrons. The molecule has 128 valence electrons. The van der Waals surface area contributed by atoms with Crippen molar-refractivity contribution < 1.29 is 14.7 Å². The summed E-state index contributed by atoms with van der Waals surface area (Å²) in [5.74, 6) is -1.75. The van der Waals surface area contributed by atoms with Crippen LogP contribution in [0.1, 0.15) is 19.0 Å². The van der Waals surface area contributed by atoms with E-state index in [1.54, 1.807) is 0 Å². The topological polar surface area (TPSA) is 167 Å². The van der Waals surface area contributed by atoms with Gasteiger partial charge in [-0.3, -0.25) is 28.7 Å². The molecule has 2 aromatic heterocycles. The number of hydrogen-bond acceptors (Lipinski definition) is 6. The van der Waals surface area contributed by atoms with Gasteiger partial charge in [-0.15, -0.1) is 0 Å². The fraction of sp³-hybridized carbons (Fsp3) is 0.385. The Bertz CT molecular complexity index is 985. The summed E-state index contributed by atoms with van der Waals surface area (Å²) >= 11 is 0. The van der Waals surface area contributed by atoms with Gasteiger partial charge in [-0.1, -0.05) is 0 Å². The molecular formula is C13H15N5O6. The highest BCUT2D eigenvalue weighted by atomic mass is 16.4. The molecule has 0 aliphatic heterocycles. The van der Waals surface area contributed by atoms with Gasteiger partial charge in [-0.25, -0.2) is 9.78 Å². The molecule has 2 heterocycles. The monoisotopic (exact) mass is 337 g/mol. The molecule has 11 nitrogen and oxygen atoms in total. The van der Waals surface area contributed by atoms with Crippen molar-refractivity contribution in [2.24, 2.45) is 7.05 Å². The van der Waals surface area contributed by atoms with E-state index >= 15 is 0 Å². The molecule has 0 fully saturated rings. The second-order valence-electron chi connectivity index (χ2n) is 5.16. The Labute approximate surface area is 133 Å². The van der Waals surface area contributed by atoms with E-state index in [4.69, 9.17) is 5.11 Å². The largest absolute Gasteiger partial charge is 0.480 e. The van der Waals surface area contributed by atoms with Gasteiger partial charge in [0.15, 0.2) is 5.52 Å². The molecule has 2 rings (SSSR count). The summed E-state index contributed by atoms with van der Waals surface area (Å²) in [4.78, 5) is 65.9. The van der Waals surface area contributed by atoms with Gasteiger partial charge in [0.1, 0.15) is 17.4 Å². The third-order valence-electron chi connectivity index (χ3n) is 3.38. The number of carboxylic acids is 1. The van der Waals surface area contributed by atoms with Crippen LogP contribution in [0.3, 0.4) is 0 Å². The number of carbonyl (C=O) groups excluding carboxylic acids is 1. The van der Waals surface area contributed by atoms with Gasteiger partial charge in [0, 0.05) is 19.9 Å². The molecule has 0 bridgehead atoms. The predicted molar refractivity (Wildman–Crippen MR) is 81.8 cm³/mol. The minimum Gasteiger partial charge on any atom is -0.480 e. The first-order valence-corrected chi connectivity index (χ1v) is 6.95. The summed E-state index contributed by atoms with van der Waals surface area (Å²) < 4.78 is 1.04. The number of H-pyrrole nitrogens is 2. The van der Waals surface area contributed by atoms with Crippen LogP contribution < -0.4 is 22.1 Å². The van der Waals surface area contributed by atoms with Gasteiger partial charge in [0.05, 0.1) is 0 Å². The summed E-state index contributed by atoms with van der Waals surface area (Å²) in [7, 11) is 1.36. The van der Waals surface area contributed by atoms with Gasteiger partial charge < -0.3 is 15.4 Å². The van der Waals surface area contributed by atoms with E-state index in [0.717, 1.165) is 4.57 Å². The first-order valence-electron chi connectivity index (χ1n) is 6.95. The van der Waals surface area contributed by atoms with E-state index in [-0.39, 0.29) is 29.7 Å². The number of carboxylic acid groups (broad SMARTS) is 1. The average Bonchev–Trinajstić information content (AvgIpc) is 2.51. The first-order chi connectivity index (χ1) is 11.2. The highest BCUT2D eigenvalue weighted by Gasteiger charge is 2.16. The van der Waals surface area contributed by atoms with E-state index < -0.39 is 34.7 Å². The molecule has 0 spiro atoms. The zero-order valence-corrected chi connectivity index (χ0v) is 12.9.